The minimum Gasteiger partial charge on any atom is -0.365 e. The molecule has 1 fully saturated rings. The van der Waals surface area contributed by atoms with E-state index in [4.69, 9.17) is 11.6 Å². The van der Waals surface area contributed by atoms with Gasteiger partial charge < -0.3 is 4.90 Å². The number of nitro benzene ring substituents is 1. The number of imide groups is 1. The molecule has 2 aliphatic rings. The standard InChI is InChI=1S/C24H22ClN3O4S/c1-14-12-24(2,3)26(4)20-11-19(25)16(9-18(14)20)10-21-22(29)27(23(30)33-21)13-15-5-7-17(8-6-15)28(31)32/h5-12H,13H2,1-4H3/b21-10-. The molecule has 33 heavy (non-hydrogen) atoms. The van der Waals surface area contributed by atoms with Crippen LogP contribution in [-0.4, -0.2) is 33.6 Å². The molecular weight excluding hydrogens is 462 g/mol. The molecule has 2 heterocycles. The number of carbonyl (C=O) groups excluding carboxylic acids is 2. The summed E-state index contributed by atoms with van der Waals surface area (Å²) in [5.41, 5.74) is 4.24. The van der Waals surface area contributed by atoms with E-state index in [1.165, 1.54) is 12.1 Å². The van der Waals surface area contributed by atoms with Gasteiger partial charge in [0, 0.05) is 35.5 Å². The average Bonchev–Trinajstić information content (AvgIpc) is 3.00. The molecule has 0 bridgehead atoms. The van der Waals surface area contributed by atoms with E-state index in [0.717, 1.165) is 33.5 Å². The number of carbonyl (C=O) groups is 2. The number of hydrogen-bond acceptors (Lipinski definition) is 6. The quantitative estimate of drug-likeness (QED) is 0.296. The molecule has 2 aromatic carbocycles. The molecular formula is C24H22ClN3O4S. The number of nitro groups is 1. The number of halogens is 1. The summed E-state index contributed by atoms with van der Waals surface area (Å²) in [6.45, 7) is 6.34. The minimum absolute atomic E-state index is 0.0413. The van der Waals surface area contributed by atoms with E-state index in [1.807, 2.05) is 26.1 Å². The van der Waals surface area contributed by atoms with Gasteiger partial charge in [-0.3, -0.25) is 24.6 Å². The Labute approximate surface area is 200 Å². The summed E-state index contributed by atoms with van der Waals surface area (Å²) < 4.78 is 0. The molecule has 2 aliphatic heterocycles. The number of fused-ring (bicyclic) bond motifs is 1. The summed E-state index contributed by atoms with van der Waals surface area (Å²) in [6.07, 6.45) is 3.83. The fraction of sp³-hybridized carbons (Fsp3) is 0.250. The normalized spacial score (nSPS) is 18.6. The lowest BCUT2D eigenvalue weighted by molar-refractivity contribution is -0.384. The van der Waals surface area contributed by atoms with Crippen LogP contribution in [0.3, 0.4) is 0 Å². The molecule has 7 nitrogen and oxygen atoms in total. The van der Waals surface area contributed by atoms with Crippen LogP contribution in [0, 0.1) is 10.1 Å². The topological polar surface area (TPSA) is 83.8 Å². The fourth-order valence-electron chi connectivity index (χ4n) is 3.98. The van der Waals surface area contributed by atoms with E-state index in [-0.39, 0.29) is 22.7 Å². The monoisotopic (exact) mass is 483 g/mol. The number of amides is 2. The second kappa shape index (κ2) is 8.35. The van der Waals surface area contributed by atoms with E-state index < -0.39 is 16.1 Å². The van der Waals surface area contributed by atoms with E-state index >= 15 is 0 Å². The lowest BCUT2D eigenvalue weighted by Gasteiger charge is -2.40. The highest BCUT2D eigenvalue weighted by atomic mass is 35.5. The molecule has 0 aromatic heterocycles. The van der Waals surface area contributed by atoms with E-state index in [1.54, 1.807) is 18.2 Å². The Morgan fingerprint density at radius 2 is 1.85 bits per heavy atom. The second-order valence-electron chi connectivity index (χ2n) is 8.62. The van der Waals surface area contributed by atoms with Crippen molar-refractivity contribution in [2.24, 2.45) is 0 Å². The lowest BCUT2D eigenvalue weighted by Crippen LogP contribution is -2.42. The highest BCUT2D eigenvalue weighted by Gasteiger charge is 2.35. The van der Waals surface area contributed by atoms with Crippen LogP contribution >= 0.6 is 23.4 Å². The van der Waals surface area contributed by atoms with Crippen molar-refractivity contribution in [2.45, 2.75) is 32.9 Å². The summed E-state index contributed by atoms with van der Waals surface area (Å²) in [5, 5.41) is 10.9. The van der Waals surface area contributed by atoms with Gasteiger partial charge in [0.25, 0.3) is 16.8 Å². The first-order valence-electron chi connectivity index (χ1n) is 10.2. The van der Waals surface area contributed by atoms with Crippen molar-refractivity contribution in [3.63, 3.8) is 0 Å². The zero-order valence-corrected chi connectivity index (χ0v) is 20.2. The predicted octanol–water partition coefficient (Wildman–Crippen LogP) is 6.12. The molecule has 2 aromatic rings. The van der Waals surface area contributed by atoms with Gasteiger partial charge in [-0.25, -0.2) is 0 Å². The van der Waals surface area contributed by atoms with Crippen molar-refractivity contribution >= 4 is 57.5 Å². The summed E-state index contributed by atoms with van der Waals surface area (Å²) in [5.74, 6) is -0.414. The second-order valence-corrected chi connectivity index (χ2v) is 10.0. The number of likely N-dealkylation sites (N-methyl/N-ethyl adjacent to an activating group) is 1. The van der Waals surface area contributed by atoms with Gasteiger partial charge in [-0.15, -0.1) is 0 Å². The lowest BCUT2D eigenvalue weighted by atomic mass is 9.88. The van der Waals surface area contributed by atoms with Crippen molar-refractivity contribution in [3.8, 4) is 0 Å². The summed E-state index contributed by atoms with van der Waals surface area (Å²) in [6, 6.07) is 9.62. The van der Waals surface area contributed by atoms with Crippen LogP contribution in [0.25, 0.3) is 11.6 Å². The van der Waals surface area contributed by atoms with Crippen LogP contribution in [0.2, 0.25) is 5.02 Å². The van der Waals surface area contributed by atoms with Gasteiger partial charge in [0.15, 0.2) is 0 Å². The maximum atomic E-state index is 12.9. The Morgan fingerprint density at radius 3 is 2.48 bits per heavy atom. The third-order valence-corrected chi connectivity index (χ3v) is 7.22. The number of thioether (sulfide) groups is 1. The first-order valence-corrected chi connectivity index (χ1v) is 11.4. The molecule has 0 atom stereocenters. The molecule has 0 aliphatic carbocycles. The summed E-state index contributed by atoms with van der Waals surface area (Å²) in [7, 11) is 2.02. The van der Waals surface area contributed by atoms with Crippen molar-refractivity contribution < 1.29 is 14.5 Å². The molecule has 0 N–H and O–H groups in total. The Hall–Kier alpha value is -3.10. The van der Waals surface area contributed by atoms with E-state index in [2.05, 4.69) is 24.8 Å². The fourth-order valence-corrected chi connectivity index (χ4v) is 5.02. The summed E-state index contributed by atoms with van der Waals surface area (Å²) in [4.78, 5) is 39.4. The van der Waals surface area contributed by atoms with Gasteiger partial charge >= 0.3 is 0 Å². The maximum Gasteiger partial charge on any atom is 0.293 e. The molecule has 2 amide bonds. The van der Waals surface area contributed by atoms with Crippen LogP contribution in [0.5, 0.6) is 0 Å². The van der Waals surface area contributed by atoms with Crippen LogP contribution in [-0.2, 0) is 11.3 Å². The largest absolute Gasteiger partial charge is 0.365 e. The number of nitrogens with zero attached hydrogens (tertiary/aromatic N) is 3. The minimum atomic E-state index is -0.495. The van der Waals surface area contributed by atoms with E-state index in [9.17, 15) is 19.7 Å². The van der Waals surface area contributed by atoms with Crippen LogP contribution < -0.4 is 4.90 Å². The Morgan fingerprint density at radius 1 is 1.18 bits per heavy atom. The number of hydrogen-bond donors (Lipinski definition) is 0. The van der Waals surface area contributed by atoms with E-state index in [0.29, 0.717) is 16.1 Å². The average molecular weight is 484 g/mol. The molecule has 0 spiro atoms. The van der Waals surface area contributed by atoms with Crippen molar-refractivity contribution in [3.05, 3.63) is 79.2 Å². The van der Waals surface area contributed by atoms with Gasteiger partial charge in [0.2, 0.25) is 0 Å². The van der Waals surface area contributed by atoms with Crippen molar-refractivity contribution in [2.75, 3.05) is 11.9 Å². The highest BCUT2D eigenvalue weighted by molar-refractivity contribution is 8.18. The molecule has 0 radical (unpaired) electrons. The smallest absolute Gasteiger partial charge is 0.293 e. The molecule has 4 rings (SSSR count). The number of rotatable bonds is 4. The molecule has 9 heteroatoms. The van der Waals surface area contributed by atoms with Crippen LogP contribution in [0.1, 0.15) is 37.5 Å². The highest BCUT2D eigenvalue weighted by Crippen LogP contribution is 2.42. The SMILES string of the molecule is CC1=CC(C)(C)N(C)c2cc(Cl)c(/C=C3\SC(=O)N(Cc4ccc([N+](=O)[O-])cc4)C3=O)cc21. The maximum absolute atomic E-state index is 12.9. The zero-order valence-electron chi connectivity index (χ0n) is 18.6. The number of anilines is 1. The van der Waals surface area contributed by atoms with Crippen LogP contribution in [0.15, 0.2) is 47.4 Å². The summed E-state index contributed by atoms with van der Waals surface area (Å²) >= 11 is 7.43. The van der Waals surface area contributed by atoms with Gasteiger partial charge in [0.05, 0.1) is 21.9 Å². The van der Waals surface area contributed by atoms with Gasteiger partial charge in [0.1, 0.15) is 0 Å². The van der Waals surface area contributed by atoms with Gasteiger partial charge in [-0.05, 0) is 67.4 Å². The predicted molar refractivity (Wildman–Crippen MR) is 132 cm³/mol. The van der Waals surface area contributed by atoms with Crippen LogP contribution in [0.4, 0.5) is 16.2 Å². The van der Waals surface area contributed by atoms with Gasteiger partial charge in [-0.2, -0.15) is 0 Å². The Kier molecular flexibility index (Phi) is 5.84. The molecule has 0 saturated carbocycles. The Bertz CT molecular complexity index is 1250. The first-order chi connectivity index (χ1) is 15.5. The first kappa shape index (κ1) is 23.1. The number of allylic oxidation sites excluding steroid dienone is 1. The third-order valence-electron chi connectivity index (χ3n) is 5.98. The zero-order chi connectivity index (χ0) is 24.1. The van der Waals surface area contributed by atoms with Crippen molar-refractivity contribution in [1.29, 1.82) is 0 Å². The Balaban J connectivity index is 1.61. The van der Waals surface area contributed by atoms with Gasteiger partial charge in [-0.1, -0.05) is 29.8 Å². The third kappa shape index (κ3) is 4.28. The molecule has 0 unspecified atom stereocenters. The molecule has 1 saturated heterocycles. The van der Waals surface area contributed by atoms with Crippen molar-refractivity contribution in [1.82, 2.24) is 4.90 Å². The molecule has 170 valence electrons. The number of non-ortho nitro benzene ring substituents is 1. The number of benzene rings is 2.